The molecule has 29 heavy (non-hydrogen) atoms. The van der Waals surface area contributed by atoms with Crippen LogP contribution in [0.5, 0.6) is 0 Å². The van der Waals surface area contributed by atoms with Gasteiger partial charge in [-0.05, 0) is 49.3 Å². The third-order valence-electron chi connectivity index (χ3n) is 5.70. The van der Waals surface area contributed by atoms with Crippen LogP contribution in [0.3, 0.4) is 0 Å². The van der Waals surface area contributed by atoms with Crippen LogP contribution < -0.4 is 0 Å². The van der Waals surface area contributed by atoms with Gasteiger partial charge >= 0.3 is 0 Å². The minimum Gasteiger partial charge on any atom is -0.440 e. The van der Waals surface area contributed by atoms with E-state index in [2.05, 4.69) is 32.5 Å². The highest BCUT2D eigenvalue weighted by atomic mass is 32.1. The molecule has 5 aromatic rings. The second kappa shape index (κ2) is 6.76. The number of thiazole rings is 1. The first kappa shape index (κ1) is 17.3. The molecular weight excluding hydrogens is 402 g/mol. The van der Waals surface area contributed by atoms with Crippen LogP contribution in [0.15, 0.2) is 52.9 Å². The normalized spacial score (nSPS) is 16.4. The van der Waals surface area contributed by atoms with E-state index in [1.54, 1.807) is 11.3 Å². The van der Waals surface area contributed by atoms with Crippen molar-refractivity contribution in [2.75, 3.05) is 13.1 Å². The Labute approximate surface area is 176 Å². The summed E-state index contributed by atoms with van der Waals surface area (Å²) in [6.07, 6.45) is 2.07. The summed E-state index contributed by atoms with van der Waals surface area (Å²) in [5.41, 5.74) is 2.96. The molecule has 1 aliphatic rings. The molecule has 146 valence electrons. The minimum atomic E-state index is 0.376. The molecule has 0 amide bonds. The monoisotopic (exact) mass is 421 g/mol. The molecule has 0 N–H and O–H groups in total. The molecule has 0 saturated carbocycles. The van der Waals surface area contributed by atoms with E-state index in [-0.39, 0.29) is 0 Å². The van der Waals surface area contributed by atoms with E-state index in [9.17, 15) is 0 Å². The summed E-state index contributed by atoms with van der Waals surface area (Å²) < 4.78 is 12.0. The number of fused-ring (bicyclic) bond motifs is 4. The Morgan fingerprint density at radius 2 is 1.86 bits per heavy atom. The summed E-state index contributed by atoms with van der Waals surface area (Å²) in [6.45, 7) is 2.69. The number of likely N-dealkylation sites (tertiary alicyclic amines) is 1. The number of aromatic nitrogens is 4. The van der Waals surface area contributed by atoms with E-state index in [4.69, 9.17) is 21.7 Å². The smallest absolute Gasteiger partial charge is 0.216 e. The average Bonchev–Trinajstić information content (AvgIpc) is 3.42. The van der Waals surface area contributed by atoms with Crippen molar-refractivity contribution in [3.8, 4) is 0 Å². The second-order valence-electron chi connectivity index (χ2n) is 7.52. The van der Waals surface area contributed by atoms with Crippen LogP contribution in [-0.4, -0.2) is 37.2 Å². The van der Waals surface area contributed by atoms with Gasteiger partial charge in [-0.25, -0.2) is 9.67 Å². The molecule has 0 bridgehead atoms. The van der Waals surface area contributed by atoms with Gasteiger partial charge in [0.25, 0.3) is 0 Å². The first-order valence-electron chi connectivity index (χ1n) is 9.81. The topological polar surface area (TPSA) is 51.5 Å². The Morgan fingerprint density at radius 3 is 2.72 bits per heavy atom. The van der Waals surface area contributed by atoms with Gasteiger partial charge in [-0.3, -0.25) is 9.30 Å². The molecular formula is C21H19N5OS2. The molecule has 1 aliphatic heterocycles. The summed E-state index contributed by atoms with van der Waals surface area (Å²) in [7, 11) is 0. The third-order valence-corrected chi connectivity index (χ3v) is 7.10. The van der Waals surface area contributed by atoms with Gasteiger partial charge in [0.2, 0.25) is 9.73 Å². The highest BCUT2D eigenvalue weighted by molar-refractivity contribution is 7.71. The number of piperidine rings is 1. The van der Waals surface area contributed by atoms with Crippen molar-refractivity contribution in [1.82, 2.24) is 24.1 Å². The fourth-order valence-electron chi connectivity index (χ4n) is 4.15. The SMILES string of the molecule is S=c1n(CN2CCC(c3nc4ccccc4o3)CC2)nc2sc3ccccc3n12. The number of oxazole rings is 1. The zero-order valence-electron chi connectivity index (χ0n) is 15.7. The van der Waals surface area contributed by atoms with Crippen molar-refractivity contribution >= 4 is 49.8 Å². The predicted molar refractivity (Wildman–Crippen MR) is 117 cm³/mol. The first-order chi connectivity index (χ1) is 14.3. The van der Waals surface area contributed by atoms with Crippen molar-refractivity contribution in [2.45, 2.75) is 25.4 Å². The van der Waals surface area contributed by atoms with E-state index in [1.165, 1.54) is 4.70 Å². The Bertz CT molecular complexity index is 1350. The summed E-state index contributed by atoms with van der Waals surface area (Å²) in [5, 5.41) is 4.77. The lowest BCUT2D eigenvalue weighted by Gasteiger charge is -2.30. The molecule has 0 unspecified atom stereocenters. The fourth-order valence-corrected chi connectivity index (χ4v) is 5.52. The molecule has 4 heterocycles. The molecule has 0 atom stereocenters. The summed E-state index contributed by atoms with van der Waals surface area (Å²) in [4.78, 5) is 8.06. The van der Waals surface area contributed by atoms with Crippen LogP contribution in [0.2, 0.25) is 0 Å². The zero-order valence-corrected chi connectivity index (χ0v) is 17.3. The van der Waals surface area contributed by atoms with E-state index >= 15 is 0 Å². The third kappa shape index (κ3) is 2.90. The zero-order chi connectivity index (χ0) is 19.4. The average molecular weight is 422 g/mol. The van der Waals surface area contributed by atoms with Gasteiger partial charge in [-0.15, -0.1) is 5.10 Å². The maximum absolute atomic E-state index is 5.98. The Balaban J connectivity index is 1.20. The van der Waals surface area contributed by atoms with Crippen LogP contribution in [0.4, 0.5) is 0 Å². The van der Waals surface area contributed by atoms with Crippen molar-refractivity contribution in [1.29, 1.82) is 0 Å². The van der Waals surface area contributed by atoms with Crippen molar-refractivity contribution in [3.63, 3.8) is 0 Å². The lowest BCUT2D eigenvalue weighted by Crippen LogP contribution is -2.35. The number of hydrogen-bond donors (Lipinski definition) is 0. The Hall–Kier alpha value is -2.55. The van der Waals surface area contributed by atoms with E-state index in [1.807, 2.05) is 35.0 Å². The van der Waals surface area contributed by atoms with Gasteiger partial charge < -0.3 is 4.42 Å². The number of benzene rings is 2. The second-order valence-corrected chi connectivity index (χ2v) is 8.90. The van der Waals surface area contributed by atoms with Crippen molar-refractivity contribution in [2.24, 2.45) is 0 Å². The Kier molecular flexibility index (Phi) is 4.04. The minimum absolute atomic E-state index is 0.376. The summed E-state index contributed by atoms with van der Waals surface area (Å²) >= 11 is 7.42. The van der Waals surface area contributed by atoms with E-state index < -0.39 is 0 Å². The molecule has 2 aromatic carbocycles. The number of nitrogens with zero attached hydrogens (tertiary/aromatic N) is 5. The van der Waals surface area contributed by atoms with Crippen molar-refractivity contribution in [3.05, 3.63) is 59.2 Å². The van der Waals surface area contributed by atoms with Gasteiger partial charge in [0.15, 0.2) is 11.5 Å². The Morgan fingerprint density at radius 1 is 1.07 bits per heavy atom. The molecule has 0 radical (unpaired) electrons. The lowest BCUT2D eigenvalue weighted by molar-refractivity contribution is 0.153. The number of rotatable bonds is 3. The van der Waals surface area contributed by atoms with Crippen LogP contribution in [0.1, 0.15) is 24.7 Å². The molecule has 3 aromatic heterocycles. The van der Waals surface area contributed by atoms with Gasteiger partial charge in [0, 0.05) is 19.0 Å². The largest absolute Gasteiger partial charge is 0.440 e. The number of para-hydroxylation sites is 3. The van der Waals surface area contributed by atoms with Crippen LogP contribution in [0, 0.1) is 4.77 Å². The highest BCUT2D eigenvalue weighted by Crippen LogP contribution is 2.30. The molecule has 0 spiro atoms. The fraction of sp³-hybridized carbons (Fsp3) is 0.286. The maximum atomic E-state index is 5.98. The van der Waals surface area contributed by atoms with Gasteiger partial charge in [0.1, 0.15) is 5.52 Å². The standard InChI is InChI=1S/C21H19N5OS2/c28-21-25(23-20-26(21)16-6-2-4-8-18(16)29-20)13-24-11-9-14(10-12-24)19-22-15-5-1-3-7-17(15)27-19/h1-8,14H,9-13H2. The maximum Gasteiger partial charge on any atom is 0.216 e. The predicted octanol–water partition coefficient (Wildman–Crippen LogP) is 5.06. The van der Waals surface area contributed by atoms with E-state index in [0.717, 1.165) is 64.8 Å². The van der Waals surface area contributed by atoms with Gasteiger partial charge in [0.05, 0.1) is 16.9 Å². The highest BCUT2D eigenvalue weighted by Gasteiger charge is 2.25. The van der Waals surface area contributed by atoms with Crippen LogP contribution >= 0.6 is 23.6 Å². The first-order valence-corrected chi connectivity index (χ1v) is 11.0. The summed E-state index contributed by atoms with van der Waals surface area (Å²) in [5.74, 6) is 1.25. The van der Waals surface area contributed by atoms with Gasteiger partial charge in [-0.1, -0.05) is 35.6 Å². The number of hydrogen-bond acceptors (Lipinski definition) is 6. The summed E-state index contributed by atoms with van der Waals surface area (Å²) in [6, 6.07) is 16.3. The van der Waals surface area contributed by atoms with Gasteiger partial charge in [-0.2, -0.15) is 0 Å². The lowest BCUT2D eigenvalue weighted by atomic mass is 9.97. The molecule has 6 rings (SSSR count). The quantitative estimate of drug-likeness (QED) is 0.381. The molecule has 0 aliphatic carbocycles. The van der Waals surface area contributed by atoms with Crippen LogP contribution in [-0.2, 0) is 6.67 Å². The molecule has 8 heteroatoms. The van der Waals surface area contributed by atoms with Crippen LogP contribution in [0.25, 0.3) is 26.3 Å². The molecule has 6 nitrogen and oxygen atoms in total. The van der Waals surface area contributed by atoms with Crippen molar-refractivity contribution < 1.29 is 4.42 Å². The molecule has 1 fully saturated rings. The van der Waals surface area contributed by atoms with E-state index in [0.29, 0.717) is 5.92 Å². The molecule has 1 saturated heterocycles.